The first-order valence-electron chi connectivity index (χ1n) is 7.12. The summed E-state index contributed by atoms with van der Waals surface area (Å²) in [6, 6.07) is 23.4. The van der Waals surface area contributed by atoms with Crippen LogP contribution in [0.3, 0.4) is 0 Å². The molecule has 1 aliphatic rings. The number of nitriles is 1. The van der Waals surface area contributed by atoms with Gasteiger partial charge in [-0.1, -0.05) is 36.4 Å². The van der Waals surface area contributed by atoms with Crippen LogP contribution in [-0.4, -0.2) is 0 Å². The van der Waals surface area contributed by atoms with E-state index >= 15 is 0 Å². The summed E-state index contributed by atoms with van der Waals surface area (Å²) < 4.78 is 0. The molecule has 0 fully saturated rings. The fourth-order valence-corrected chi connectivity index (χ4v) is 3.06. The molecule has 4 rings (SSSR count). The number of anilines is 1. The van der Waals surface area contributed by atoms with Crippen LogP contribution >= 0.6 is 0 Å². The Morgan fingerprint density at radius 3 is 2.67 bits per heavy atom. The van der Waals surface area contributed by atoms with Gasteiger partial charge in [-0.25, -0.2) is 0 Å². The minimum absolute atomic E-state index is 0.290. The first-order chi connectivity index (χ1) is 10.3. The monoisotopic (exact) mass is 270 g/mol. The van der Waals surface area contributed by atoms with E-state index in [0.29, 0.717) is 6.04 Å². The molecule has 0 saturated carbocycles. The second-order valence-corrected chi connectivity index (χ2v) is 5.49. The standard InChI is InChI=1S/C19H14N2/c20-12-13-5-8-18-17(9-13)11-19(21-18)16-7-6-14-3-1-2-4-15(14)10-16/h1-10,19,21H,11H2. The number of benzene rings is 3. The SMILES string of the molecule is N#Cc1ccc2c(c1)CC(c1ccc3ccccc3c1)N2. The van der Waals surface area contributed by atoms with Crippen molar-refractivity contribution >= 4 is 16.5 Å². The van der Waals surface area contributed by atoms with Gasteiger partial charge in [-0.05, 0) is 52.6 Å². The maximum absolute atomic E-state index is 9.00. The molecular weight excluding hydrogens is 256 g/mol. The third kappa shape index (κ3) is 2.04. The summed E-state index contributed by atoms with van der Waals surface area (Å²) >= 11 is 0. The molecule has 1 atom stereocenters. The van der Waals surface area contributed by atoms with E-state index in [1.54, 1.807) is 0 Å². The number of nitrogens with zero attached hydrogens (tertiary/aromatic N) is 1. The van der Waals surface area contributed by atoms with E-state index in [1.165, 1.54) is 21.9 Å². The molecular formula is C19H14N2. The third-order valence-corrected chi connectivity index (χ3v) is 4.16. The summed E-state index contributed by atoms with van der Waals surface area (Å²) in [5.74, 6) is 0. The van der Waals surface area contributed by atoms with Crippen LogP contribution in [0.15, 0.2) is 60.7 Å². The molecule has 1 heterocycles. The first kappa shape index (κ1) is 12.0. The lowest BCUT2D eigenvalue weighted by Gasteiger charge is -2.12. The van der Waals surface area contributed by atoms with E-state index < -0.39 is 0 Å². The molecule has 0 bridgehead atoms. The lowest BCUT2D eigenvalue weighted by molar-refractivity contribution is 0.826. The number of nitrogens with one attached hydrogen (secondary N) is 1. The normalized spacial score (nSPS) is 16.2. The van der Waals surface area contributed by atoms with Crippen molar-refractivity contribution < 1.29 is 0 Å². The van der Waals surface area contributed by atoms with Crippen molar-refractivity contribution in [1.29, 1.82) is 5.26 Å². The van der Waals surface area contributed by atoms with Crippen LogP contribution in [0.1, 0.15) is 22.7 Å². The molecule has 0 saturated heterocycles. The van der Waals surface area contributed by atoms with Crippen molar-refractivity contribution in [3.8, 4) is 6.07 Å². The largest absolute Gasteiger partial charge is 0.378 e. The van der Waals surface area contributed by atoms with Crippen molar-refractivity contribution in [2.75, 3.05) is 5.32 Å². The molecule has 3 aromatic rings. The number of rotatable bonds is 1. The van der Waals surface area contributed by atoms with Gasteiger partial charge in [0, 0.05) is 5.69 Å². The molecule has 1 unspecified atom stereocenters. The lowest BCUT2D eigenvalue weighted by atomic mass is 9.99. The second-order valence-electron chi connectivity index (χ2n) is 5.49. The quantitative estimate of drug-likeness (QED) is 0.710. The number of hydrogen-bond donors (Lipinski definition) is 1. The molecule has 21 heavy (non-hydrogen) atoms. The number of hydrogen-bond acceptors (Lipinski definition) is 2. The minimum atomic E-state index is 0.290. The van der Waals surface area contributed by atoms with E-state index in [9.17, 15) is 0 Å². The van der Waals surface area contributed by atoms with Crippen LogP contribution in [0.4, 0.5) is 5.69 Å². The molecule has 0 amide bonds. The maximum Gasteiger partial charge on any atom is 0.0991 e. The van der Waals surface area contributed by atoms with Crippen LogP contribution < -0.4 is 5.32 Å². The second kappa shape index (κ2) is 4.64. The van der Waals surface area contributed by atoms with E-state index in [1.807, 2.05) is 18.2 Å². The van der Waals surface area contributed by atoms with Crippen LogP contribution in [0, 0.1) is 11.3 Å². The van der Waals surface area contributed by atoms with Gasteiger partial charge in [0.25, 0.3) is 0 Å². The molecule has 0 aromatic heterocycles. The van der Waals surface area contributed by atoms with Crippen LogP contribution in [0.25, 0.3) is 10.8 Å². The highest BCUT2D eigenvalue weighted by Gasteiger charge is 2.22. The highest BCUT2D eigenvalue weighted by Crippen LogP contribution is 2.35. The van der Waals surface area contributed by atoms with Gasteiger partial charge in [-0.2, -0.15) is 5.26 Å². The van der Waals surface area contributed by atoms with Crippen molar-refractivity contribution in [3.05, 3.63) is 77.4 Å². The molecule has 0 radical (unpaired) electrons. The Morgan fingerprint density at radius 2 is 1.81 bits per heavy atom. The highest BCUT2D eigenvalue weighted by atomic mass is 14.9. The Morgan fingerprint density at radius 1 is 0.952 bits per heavy atom. The van der Waals surface area contributed by atoms with E-state index in [2.05, 4.69) is 53.9 Å². The first-order valence-corrected chi connectivity index (χ1v) is 7.12. The summed E-state index contributed by atoms with van der Waals surface area (Å²) in [5, 5.41) is 15.1. The zero-order valence-corrected chi connectivity index (χ0v) is 11.5. The number of fused-ring (bicyclic) bond motifs is 2. The summed E-state index contributed by atoms with van der Waals surface area (Å²) in [5.41, 5.74) is 4.40. The summed E-state index contributed by atoms with van der Waals surface area (Å²) in [7, 11) is 0. The molecule has 2 nitrogen and oxygen atoms in total. The van der Waals surface area contributed by atoms with Crippen molar-refractivity contribution in [1.82, 2.24) is 0 Å². The van der Waals surface area contributed by atoms with E-state index in [-0.39, 0.29) is 0 Å². The van der Waals surface area contributed by atoms with Gasteiger partial charge in [0.05, 0.1) is 17.7 Å². The fourth-order valence-electron chi connectivity index (χ4n) is 3.06. The van der Waals surface area contributed by atoms with E-state index in [0.717, 1.165) is 17.7 Å². The summed E-state index contributed by atoms with van der Waals surface area (Å²) in [6.45, 7) is 0. The summed E-state index contributed by atoms with van der Waals surface area (Å²) in [6.07, 6.45) is 0.934. The smallest absolute Gasteiger partial charge is 0.0991 e. The van der Waals surface area contributed by atoms with Gasteiger partial charge in [-0.3, -0.25) is 0 Å². The van der Waals surface area contributed by atoms with Crippen molar-refractivity contribution in [3.63, 3.8) is 0 Å². The zero-order valence-electron chi connectivity index (χ0n) is 11.5. The lowest BCUT2D eigenvalue weighted by Crippen LogP contribution is -2.05. The maximum atomic E-state index is 9.00. The van der Waals surface area contributed by atoms with Gasteiger partial charge in [0.15, 0.2) is 0 Å². The summed E-state index contributed by atoms with van der Waals surface area (Å²) in [4.78, 5) is 0. The topological polar surface area (TPSA) is 35.8 Å². The molecule has 0 spiro atoms. The molecule has 0 aliphatic carbocycles. The Bertz CT molecular complexity index is 874. The van der Waals surface area contributed by atoms with Crippen LogP contribution in [-0.2, 0) is 6.42 Å². The average Bonchev–Trinajstić information content (AvgIpc) is 2.97. The third-order valence-electron chi connectivity index (χ3n) is 4.16. The van der Waals surface area contributed by atoms with Crippen molar-refractivity contribution in [2.45, 2.75) is 12.5 Å². The predicted octanol–water partition coefficient (Wildman–Crippen LogP) is 4.42. The zero-order chi connectivity index (χ0) is 14.2. The van der Waals surface area contributed by atoms with Gasteiger partial charge in [0.2, 0.25) is 0 Å². The van der Waals surface area contributed by atoms with Gasteiger partial charge in [-0.15, -0.1) is 0 Å². The fraction of sp³-hybridized carbons (Fsp3) is 0.105. The predicted molar refractivity (Wildman–Crippen MR) is 85.2 cm³/mol. The Labute approximate surface area is 123 Å². The van der Waals surface area contributed by atoms with Gasteiger partial charge >= 0.3 is 0 Å². The molecule has 3 aromatic carbocycles. The molecule has 1 aliphatic heterocycles. The average molecular weight is 270 g/mol. The molecule has 100 valence electrons. The van der Waals surface area contributed by atoms with Crippen molar-refractivity contribution in [2.24, 2.45) is 0 Å². The van der Waals surface area contributed by atoms with Gasteiger partial charge in [0.1, 0.15) is 0 Å². The van der Waals surface area contributed by atoms with Crippen LogP contribution in [0.5, 0.6) is 0 Å². The molecule has 2 heteroatoms. The Hall–Kier alpha value is -2.79. The van der Waals surface area contributed by atoms with E-state index in [4.69, 9.17) is 5.26 Å². The highest BCUT2D eigenvalue weighted by molar-refractivity contribution is 5.83. The molecule has 1 N–H and O–H groups in total. The Kier molecular flexibility index (Phi) is 2.65. The Balaban J connectivity index is 1.70. The minimum Gasteiger partial charge on any atom is -0.378 e. The van der Waals surface area contributed by atoms with Gasteiger partial charge < -0.3 is 5.32 Å². The van der Waals surface area contributed by atoms with Crippen LogP contribution in [0.2, 0.25) is 0 Å².